The van der Waals surface area contributed by atoms with E-state index in [4.69, 9.17) is 9.47 Å². The summed E-state index contributed by atoms with van der Waals surface area (Å²) in [5.41, 5.74) is 0.680. The number of benzene rings is 1. The van der Waals surface area contributed by atoms with Gasteiger partial charge >= 0.3 is 5.97 Å². The summed E-state index contributed by atoms with van der Waals surface area (Å²) in [6, 6.07) is 7.07. The molecule has 0 saturated heterocycles. The molecule has 1 unspecified atom stereocenters. The highest BCUT2D eigenvalue weighted by atomic mass is 16.5. The minimum atomic E-state index is -0.836. The fourth-order valence-electron chi connectivity index (χ4n) is 1.54. The van der Waals surface area contributed by atoms with Gasteiger partial charge in [-0.3, -0.25) is 4.79 Å². The van der Waals surface area contributed by atoms with Crippen LogP contribution >= 0.6 is 0 Å². The normalized spacial score (nSPS) is 12.3. The van der Waals surface area contributed by atoms with E-state index < -0.39 is 12.1 Å². The van der Waals surface area contributed by atoms with Crippen molar-refractivity contribution in [3.63, 3.8) is 0 Å². The van der Waals surface area contributed by atoms with Gasteiger partial charge in [0.25, 0.3) is 0 Å². The van der Waals surface area contributed by atoms with Gasteiger partial charge in [0.1, 0.15) is 5.75 Å². The average Bonchev–Trinajstić information content (AvgIpc) is 2.29. The van der Waals surface area contributed by atoms with E-state index in [2.05, 4.69) is 0 Å². The van der Waals surface area contributed by atoms with Crippen LogP contribution in [0.15, 0.2) is 24.3 Å². The summed E-state index contributed by atoms with van der Waals surface area (Å²) in [7, 11) is 0. The van der Waals surface area contributed by atoms with Gasteiger partial charge in [0.15, 0.2) is 0 Å². The Hall–Kier alpha value is -1.55. The van der Waals surface area contributed by atoms with E-state index in [-0.39, 0.29) is 12.5 Å². The van der Waals surface area contributed by atoms with E-state index in [1.165, 1.54) is 0 Å². The van der Waals surface area contributed by atoms with Crippen molar-refractivity contribution in [3.05, 3.63) is 29.8 Å². The molecule has 0 bridgehead atoms. The summed E-state index contributed by atoms with van der Waals surface area (Å²) in [4.78, 5) is 11.2. The van der Waals surface area contributed by atoms with Gasteiger partial charge in [-0.2, -0.15) is 0 Å². The zero-order valence-electron chi connectivity index (χ0n) is 11.1. The lowest BCUT2D eigenvalue weighted by atomic mass is 10.1. The molecule has 4 heteroatoms. The van der Waals surface area contributed by atoms with Gasteiger partial charge in [-0.25, -0.2) is 0 Å². The maximum atomic E-state index is 11.2. The Morgan fingerprint density at radius 1 is 1.28 bits per heavy atom. The third-order valence-corrected chi connectivity index (χ3v) is 2.30. The number of carbonyl (C=O) groups excluding carboxylic acids is 1. The van der Waals surface area contributed by atoms with Gasteiger partial charge in [-0.15, -0.1) is 0 Å². The SMILES string of the molecule is CCOC(=O)CC(O)c1ccc(OC(C)C)cc1. The number of hydrogen-bond acceptors (Lipinski definition) is 4. The molecule has 1 aromatic carbocycles. The summed E-state index contributed by atoms with van der Waals surface area (Å²) in [6.07, 6.45) is -0.754. The molecule has 0 aliphatic rings. The van der Waals surface area contributed by atoms with Gasteiger partial charge in [-0.05, 0) is 38.5 Å². The lowest BCUT2D eigenvalue weighted by Crippen LogP contribution is -2.10. The van der Waals surface area contributed by atoms with Crippen molar-refractivity contribution < 1.29 is 19.4 Å². The van der Waals surface area contributed by atoms with Crippen molar-refractivity contribution in [3.8, 4) is 5.75 Å². The minimum absolute atomic E-state index is 0.0295. The standard InChI is InChI=1S/C14H20O4/c1-4-17-14(16)9-13(15)11-5-7-12(8-6-11)18-10(2)3/h5-8,10,13,15H,4,9H2,1-3H3. The Bertz CT molecular complexity index is 370. The fourth-order valence-corrected chi connectivity index (χ4v) is 1.54. The van der Waals surface area contributed by atoms with Crippen LogP contribution in [-0.2, 0) is 9.53 Å². The monoisotopic (exact) mass is 252 g/mol. The highest BCUT2D eigenvalue weighted by Gasteiger charge is 2.13. The summed E-state index contributed by atoms with van der Waals surface area (Å²) in [5, 5.41) is 9.85. The first-order valence-corrected chi connectivity index (χ1v) is 6.13. The fraction of sp³-hybridized carbons (Fsp3) is 0.500. The van der Waals surface area contributed by atoms with Crippen LogP contribution in [-0.4, -0.2) is 23.8 Å². The van der Waals surface area contributed by atoms with Crippen LogP contribution in [0, 0.1) is 0 Å². The molecule has 0 amide bonds. The molecule has 0 spiro atoms. The summed E-state index contributed by atoms with van der Waals surface area (Å²) >= 11 is 0. The minimum Gasteiger partial charge on any atom is -0.491 e. The number of ether oxygens (including phenoxy) is 2. The number of aliphatic hydroxyl groups is 1. The van der Waals surface area contributed by atoms with Crippen molar-refractivity contribution >= 4 is 5.97 Å². The first-order valence-electron chi connectivity index (χ1n) is 6.13. The Morgan fingerprint density at radius 2 is 1.89 bits per heavy atom. The predicted molar refractivity (Wildman–Crippen MR) is 68.4 cm³/mol. The number of rotatable bonds is 6. The second-order valence-electron chi connectivity index (χ2n) is 4.26. The van der Waals surface area contributed by atoms with Gasteiger partial charge in [0.05, 0.1) is 25.2 Å². The highest BCUT2D eigenvalue weighted by Crippen LogP contribution is 2.21. The van der Waals surface area contributed by atoms with Crippen LogP contribution in [0.3, 0.4) is 0 Å². The third-order valence-electron chi connectivity index (χ3n) is 2.30. The molecule has 1 aromatic rings. The molecule has 0 aliphatic carbocycles. The average molecular weight is 252 g/mol. The van der Waals surface area contributed by atoms with Crippen LogP contribution in [0.4, 0.5) is 0 Å². The van der Waals surface area contributed by atoms with E-state index in [0.717, 1.165) is 5.75 Å². The van der Waals surface area contributed by atoms with Gasteiger partial charge in [0, 0.05) is 0 Å². The molecular weight excluding hydrogens is 232 g/mol. The number of carbonyl (C=O) groups is 1. The first-order chi connectivity index (χ1) is 8.52. The Labute approximate surface area is 108 Å². The molecule has 0 fully saturated rings. The van der Waals surface area contributed by atoms with Crippen molar-refractivity contribution in [1.82, 2.24) is 0 Å². The van der Waals surface area contributed by atoms with Crippen molar-refractivity contribution in [2.45, 2.75) is 39.4 Å². The van der Waals surface area contributed by atoms with E-state index in [0.29, 0.717) is 12.2 Å². The quantitative estimate of drug-likeness (QED) is 0.790. The number of hydrogen-bond donors (Lipinski definition) is 1. The van der Waals surface area contributed by atoms with E-state index in [1.54, 1.807) is 31.2 Å². The molecule has 0 radical (unpaired) electrons. The number of esters is 1. The Morgan fingerprint density at radius 3 is 2.39 bits per heavy atom. The summed E-state index contributed by atoms with van der Waals surface area (Å²) < 4.78 is 10.3. The van der Waals surface area contributed by atoms with Crippen molar-refractivity contribution in [2.75, 3.05) is 6.61 Å². The topological polar surface area (TPSA) is 55.8 Å². The van der Waals surface area contributed by atoms with Crippen LogP contribution in [0.1, 0.15) is 38.9 Å². The van der Waals surface area contributed by atoms with Gasteiger partial charge in [0.2, 0.25) is 0 Å². The maximum absolute atomic E-state index is 11.2. The molecule has 100 valence electrons. The van der Waals surface area contributed by atoms with Gasteiger partial charge in [-0.1, -0.05) is 12.1 Å². The first kappa shape index (κ1) is 14.5. The van der Waals surface area contributed by atoms with Crippen LogP contribution in [0.25, 0.3) is 0 Å². The lowest BCUT2D eigenvalue weighted by molar-refractivity contribution is -0.145. The van der Waals surface area contributed by atoms with Gasteiger partial charge < -0.3 is 14.6 Å². The van der Waals surface area contributed by atoms with E-state index in [1.807, 2.05) is 13.8 Å². The third kappa shape index (κ3) is 4.75. The predicted octanol–water partition coefficient (Wildman–Crippen LogP) is 2.46. The molecule has 0 heterocycles. The zero-order chi connectivity index (χ0) is 13.5. The highest BCUT2D eigenvalue weighted by molar-refractivity contribution is 5.70. The van der Waals surface area contributed by atoms with Crippen molar-refractivity contribution in [2.24, 2.45) is 0 Å². The van der Waals surface area contributed by atoms with Crippen LogP contribution < -0.4 is 4.74 Å². The second-order valence-corrected chi connectivity index (χ2v) is 4.26. The number of aliphatic hydroxyl groups excluding tert-OH is 1. The second kappa shape index (κ2) is 7.01. The molecule has 1 N–H and O–H groups in total. The van der Waals surface area contributed by atoms with Crippen LogP contribution in [0.5, 0.6) is 5.75 Å². The van der Waals surface area contributed by atoms with Crippen molar-refractivity contribution in [1.29, 1.82) is 0 Å². The summed E-state index contributed by atoms with van der Waals surface area (Å²) in [6.45, 7) is 5.96. The maximum Gasteiger partial charge on any atom is 0.308 e. The van der Waals surface area contributed by atoms with Crippen LogP contribution in [0.2, 0.25) is 0 Å². The molecule has 1 rings (SSSR count). The molecule has 18 heavy (non-hydrogen) atoms. The molecule has 1 atom stereocenters. The van der Waals surface area contributed by atoms with E-state index in [9.17, 15) is 9.90 Å². The molecular formula is C14H20O4. The smallest absolute Gasteiger partial charge is 0.308 e. The Kier molecular flexibility index (Phi) is 5.65. The lowest BCUT2D eigenvalue weighted by Gasteiger charge is -2.13. The zero-order valence-corrected chi connectivity index (χ0v) is 11.1. The van der Waals surface area contributed by atoms with E-state index >= 15 is 0 Å². The molecule has 4 nitrogen and oxygen atoms in total. The summed E-state index contributed by atoms with van der Waals surface area (Å²) in [5.74, 6) is 0.351. The Balaban J connectivity index is 2.58. The molecule has 0 saturated carbocycles. The largest absolute Gasteiger partial charge is 0.491 e. The molecule has 0 aromatic heterocycles. The molecule has 0 aliphatic heterocycles.